The predicted octanol–water partition coefficient (Wildman–Crippen LogP) is 3.34. The maximum absolute atomic E-state index is 13.0. The van der Waals surface area contributed by atoms with Crippen LogP contribution in [0.15, 0.2) is 53.9 Å². The van der Waals surface area contributed by atoms with E-state index in [-0.39, 0.29) is 18.4 Å². The zero-order valence-electron chi connectivity index (χ0n) is 18.6. The summed E-state index contributed by atoms with van der Waals surface area (Å²) in [4.78, 5) is 36.0. The summed E-state index contributed by atoms with van der Waals surface area (Å²) in [6.07, 6.45) is 0. The number of hydrogen-bond donors (Lipinski definition) is 0. The lowest BCUT2D eigenvalue weighted by molar-refractivity contribution is -0.121. The van der Waals surface area contributed by atoms with Crippen LogP contribution in [-0.4, -0.2) is 59.4 Å². The van der Waals surface area contributed by atoms with E-state index in [9.17, 15) is 9.59 Å². The van der Waals surface area contributed by atoms with Gasteiger partial charge >= 0.3 is 0 Å². The van der Waals surface area contributed by atoms with Crippen LogP contribution < -0.4 is 9.64 Å². The Kier molecular flexibility index (Phi) is 6.11. The Bertz CT molecular complexity index is 1160. The third kappa shape index (κ3) is 4.77. The first-order valence-corrected chi connectivity index (χ1v) is 12.0. The highest BCUT2D eigenvalue weighted by atomic mass is 32.1. The Morgan fingerprint density at radius 1 is 1.06 bits per heavy atom. The fraction of sp³-hybridized carbons (Fsp3) is 0.320. The fourth-order valence-corrected chi connectivity index (χ4v) is 4.97. The molecule has 0 radical (unpaired) electrons. The minimum atomic E-state index is -0.107. The number of amides is 2. The summed E-state index contributed by atoms with van der Waals surface area (Å²) in [5, 5.41) is 2.54. The third-order valence-corrected chi connectivity index (χ3v) is 6.86. The lowest BCUT2D eigenvalue weighted by atomic mass is 10.1. The maximum Gasteiger partial charge on any atom is 0.273 e. The van der Waals surface area contributed by atoms with Gasteiger partial charge in [-0.3, -0.25) is 19.4 Å². The van der Waals surface area contributed by atoms with E-state index in [0.717, 1.165) is 35.9 Å². The van der Waals surface area contributed by atoms with Gasteiger partial charge in [-0.1, -0.05) is 36.4 Å². The van der Waals surface area contributed by atoms with Gasteiger partial charge < -0.3 is 9.64 Å². The van der Waals surface area contributed by atoms with Crippen molar-refractivity contribution in [3.63, 3.8) is 0 Å². The number of piperazine rings is 1. The molecule has 1 fully saturated rings. The summed E-state index contributed by atoms with van der Waals surface area (Å²) in [6, 6.07) is 16.2. The van der Waals surface area contributed by atoms with Gasteiger partial charge in [0, 0.05) is 38.1 Å². The number of carbonyl (C=O) groups excluding carboxylic acids is 2. The predicted molar refractivity (Wildman–Crippen MR) is 128 cm³/mol. The summed E-state index contributed by atoms with van der Waals surface area (Å²) in [6.45, 7) is 6.30. The van der Waals surface area contributed by atoms with Gasteiger partial charge in [-0.2, -0.15) is 0 Å². The molecule has 3 aromatic rings. The molecule has 2 amide bonds. The molecule has 0 saturated carbocycles. The van der Waals surface area contributed by atoms with Gasteiger partial charge in [0.15, 0.2) is 6.61 Å². The molecule has 1 saturated heterocycles. The Labute approximate surface area is 197 Å². The van der Waals surface area contributed by atoms with Crippen molar-refractivity contribution < 1.29 is 14.3 Å². The highest BCUT2D eigenvalue weighted by Crippen LogP contribution is 2.34. The number of thiazole rings is 1. The average molecular weight is 463 g/mol. The fourth-order valence-electron chi connectivity index (χ4n) is 4.21. The number of anilines is 1. The molecule has 2 aromatic carbocycles. The lowest BCUT2D eigenvalue weighted by Crippen LogP contribution is -2.48. The van der Waals surface area contributed by atoms with Crippen molar-refractivity contribution in [3.8, 4) is 5.75 Å². The van der Waals surface area contributed by atoms with E-state index in [2.05, 4.69) is 34.1 Å². The van der Waals surface area contributed by atoms with E-state index in [1.54, 1.807) is 10.3 Å². The van der Waals surface area contributed by atoms with E-state index in [4.69, 9.17) is 4.74 Å². The number of hydrogen-bond acceptors (Lipinski definition) is 6. The van der Waals surface area contributed by atoms with Gasteiger partial charge in [0.05, 0.1) is 12.2 Å². The quantitative estimate of drug-likeness (QED) is 0.582. The molecule has 0 N–H and O–H groups in total. The molecule has 0 bridgehead atoms. The van der Waals surface area contributed by atoms with Crippen molar-refractivity contribution >= 4 is 28.8 Å². The molecule has 0 spiro atoms. The molecule has 7 nitrogen and oxygen atoms in total. The van der Waals surface area contributed by atoms with Crippen LogP contribution in [0.1, 0.15) is 26.6 Å². The van der Waals surface area contributed by atoms with Crippen LogP contribution in [0.4, 0.5) is 5.69 Å². The SMILES string of the molecule is Cc1ccc2c(c1)OCC(=O)N2Cc1nc(C(=O)N2CCN(Cc3ccccc3)CC2)cs1. The second-order valence-corrected chi connectivity index (χ2v) is 9.36. The van der Waals surface area contributed by atoms with Gasteiger partial charge in [-0.15, -0.1) is 11.3 Å². The standard InChI is InChI=1S/C25H26N4O3S/c1-18-7-8-21-22(13-18)32-16-24(30)29(21)15-23-26-20(17-33-23)25(31)28-11-9-27(10-12-28)14-19-5-3-2-4-6-19/h2-8,13,17H,9-12,14-16H2,1H3. The van der Waals surface area contributed by atoms with Gasteiger partial charge in [0.25, 0.3) is 11.8 Å². The highest BCUT2D eigenvalue weighted by Gasteiger charge is 2.28. The first kappa shape index (κ1) is 21.6. The number of fused-ring (bicyclic) bond motifs is 1. The number of nitrogens with zero attached hydrogens (tertiary/aromatic N) is 4. The summed E-state index contributed by atoms with van der Waals surface area (Å²) in [5.41, 5.74) is 3.57. The Hall–Kier alpha value is -3.23. The minimum absolute atomic E-state index is 0.0148. The lowest BCUT2D eigenvalue weighted by Gasteiger charge is -2.34. The molecule has 33 heavy (non-hydrogen) atoms. The van der Waals surface area contributed by atoms with E-state index in [1.165, 1.54) is 16.9 Å². The average Bonchev–Trinajstić information content (AvgIpc) is 3.30. The van der Waals surface area contributed by atoms with Crippen LogP contribution in [0.3, 0.4) is 0 Å². The third-order valence-electron chi connectivity index (χ3n) is 6.03. The van der Waals surface area contributed by atoms with Crippen molar-refractivity contribution in [2.24, 2.45) is 0 Å². The molecule has 5 rings (SSSR count). The van der Waals surface area contributed by atoms with E-state index in [0.29, 0.717) is 31.1 Å². The monoisotopic (exact) mass is 462 g/mol. The summed E-state index contributed by atoms with van der Waals surface area (Å²) in [5.74, 6) is 0.556. The van der Waals surface area contributed by atoms with Crippen LogP contribution in [-0.2, 0) is 17.9 Å². The number of rotatable bonds is 5. The normalized spacial score (nSPS) is 16.5. The van der Waals surface area contributed by atoms with E-state index in [1.807, 2.05) is 36.1 Å². The molecule has 0 aliphatic carbocycles. The Morgan fingerprint density at radius 2 is 1.85 bits per heavy atom. The van der Waals surface area contributed by atoms with Crippen LogP contribution in [0, 0.1) is 6.92 Å². The van der Waals surface area contributed by atoms with Gasteiger partial charge in [0.1, 0.15) is 16.5 Å². The van der Waals surface area contributed by atoms with Crippen molar-refractivity contribution in [2.75, 3.05) is 37.7 Å². The van der Waals surface area contributed by atoms with Crippen molar-refractivity contribution in [2.45, 2.75) is 20.0 Å². The first-order valence-electron chi connectivity index (χ1n) is 11.1. The summed E-state index contributed by atoms with van der Waals surface area (Å²) in [7, 11) is 0. The van der Waals surface area contributed by atoms with Crippen molar-refractivity contribution in [3.05, 3.63) is 75.7 Å². The number of benzene rings is 2. The molecule has 3 heterocycles. The Balaban J connectivity index is 1.21. The molecule has 2 aliphatic rings. The van der Waals surface area contributed by atoms with Gasteiger partial charge in [-0.25, -0.2) is 4.98 Å². The van der Waals surface area contributed by atoms with Gasteiger partial charge in [0.2, 0.25) is 0 Å². The van der Waals surface area contributed by atoms with Crippen LogP contribution in [0.5, 0.6) is 5.75 Å². The topological polar surface area (TPSA) is 66.0 Å². The Morgan fingerprint density at radius 3 is 2.64 bits per heavy atom. The second-order valence-electron chi connectivity index (χ2n) is 8.42. The molecular formula is C25H26N4O3S. The molecule has 8 heteroatoms. The van der Waals surface area contributed by atoms with E-state index < -0.39 is 0 Å². The highest BCUT2D eigenvalue weighted by molar-refractivity contribution is 7.09. The van der Waals surface area contributed by atoms with Crippen LogP contribution in [0.2, 0.25) is 0 Å². The van der Waals surface area contributed by atoms with E-state index >= 15 is 0 Å². The number of carbonyl (C=O) groups is 2. The van der Waals surface area contributed by atoms with Gasteiger partial charge in [-0.05, 0) is 30.2 Å². The van der Waals surface area contributed by atoms with Crippen molar-refractivity contribution in [1.29, 1.82) is 0 Å². The zero-order chi connectivity index (χ0) is 22.8. The smallest absolute Gasteiger partial charge is 0.273 e. The summed E-state index contributed by atoms with van der Waals surface area (Å²) < 4.78 is 5.58. The van der Waals surface area contributed by atoms with Crippen LogP contribution in [0.25, 0.3) is 0 Å². The maximum atomic E-state index is 13.0. The zero-order valence-corrected chi connectivity index (χ0v) is 19.4. The molecular weight excluding hydrogens is 436 g/mol. The number of ether oxygens (including phenoxy) is 1. The number of aryl methyl sites for hydroxylation is 1. The largest absolute Gasteiger partial charge is 0.482 e. The molecule has 170 valence electrons. The molecule has 0 atom stereocenters. The molecule has 0 unspecified atom stereocenters. The number of aromatic nitrogens is 1. The minimum Gasteiger partial charge on any atom is -0.482 e. The van der Waals surface area contributed by atoms with Crippen LogP contribution >= 0.6 is 11.3 Å². The molecule has 1 aromatic heterocycles. The second kappa shape index (κ2) is 9.33. The first-order chi connectivity index (χ1) is 16.1. The summed E-state index contributed by atoms with van der Waals surface area (Å²) >= 11 is 1.41. The molecule has 2 aliphatic heterocycles. The van der Waals surface area contributed by atoms with Crippen molar-refractivity contribution in [1.82, 2.24) is 14.8 Å².